The maximum atomic E-state index is 13.7. The van der Waals surface area contributed by atoms with Gasteiger partial charge in [0.1, 0.15) is 5.82 Å². The molecule has 0 heterocycles. The van der Waals surface area contributed by atoms with E-state index in [1.807, 2.05) is 0 Å². The quantitative estimate of drug-likeness (QED) is 0.485. The van der Waals surface area contributed by atoms with Crippen LogP contribution >= 0.6 is 11.6 Å². The van der Waals surface area contributed by atoms with Crippen LogP contribution in [0.3, 0.4) is 0 Å². The summed E-state index contributed by atoms with van der Waals surface area (Å²) >= 11 is 5.88. The Balaban J connectivity index is 2.45. The summed E-state index contributed by atoms with van der Waals surface area (Å²) in [7, 11) is 0. The summed E-state index contributed by atoms with van der Waals surface area (Å²) in [6.07, 6.45) is -0.322. The van der Waals surface area contributed by atoms with Crippen LogP contribution in [0.25, 0.3) is 0 Å². The SMILES string of the molecule is Cc1cccc([N+](=O)[O-])c1C(=O)Cc1c(F)cccc1Cl. The Bertz CT molecular complexity index is 711. The molecule has 0 saturated heterocycles. The lowest BCUT2D eigenvalue weighted by Crippen LogP contribution is -2.10. The molecule has 0 bridgehead atoms. The van der Waals surface area contributed by atoms with E-state index < -0.39 is 16.5 Å². The Morgan fingerprint density at radius 1 is 1.29 bits per heavy atom. The van der Waals surface area contributed by atoms with Crippen LogP contribution in [0.4, 0.5) is 10.1 Å². The first kappa shape index (κ1) is 15.1. The van der Waals surface area contributed by atoms with Gasteiger partial charge >= 0.3 is 0 Å². The van der Waals surface area contributed by atoms with Crippen molar-refractivity contribution in [2.45, 2.75) is 13.3 Å². The fraction of sp³-hybridized carbons (Fsp3) is 0.133. The fourth-order valence-electron chi connectivity index (χ4n) is 2.12. The minimum absolute atomic E-state index is 0.0122. The maximum absolute atomic E-state index is 13.7. The van der Waals surface area contributed by atoms with Crippen molar-refractivity contribution < 1.29 is 14.1 Å². The zero-order chi connectivity index (χ0) is 15.6. The summed E-state index contributed by atoms with van der Waals surface area (Å²) in [6.45, 7) is 1.60. The lowest BCUT2D eigenvalue weighted by molar-refractivity contribution is -0.385. The van der Waals surface area contributed by atoms with Crippen LogP contribution in [0.15, 0.2) is 36.4 Å². The summed E-state index contributed by atoms with van der Waals surface area (Å²) in [5.41, 5.74) is 0.220. The molecule has 0 saturated carbocycles. The van der Waals surface area contributed by atoms with E-state index in [0.717, 1.165) is 0 Å². The van der Waals surface area contributed by atoms with Gasteiger partial charge in [-0.05, 0) is 24.6 Å². The monoisotopic (exact) mass is 307 g/mol. The first-order valence-electron chi connectivity index (χ1n) is 6.12. The lowest BCUT2D eigenvalue weighted by Gasteiger charge is -2.08. The second kappa shape index (κ2) is 6.01. The summed E-state index contributed by atoms with van der Waals surface area (Å²) in [4.78, 5) is 22.7. The number of rotatable bonds is 4. The standard InChI is InChI=1S/C15H11ClFNO3/c1-9-4-2-7-13(18(20)21)15(9)14(19)8-10-11(16)5-3-6-12(10)17/h2-7H,8H2,1H3. The third-order valence-electron chi connectivity index (χ3n) is 3.13. The zero-order valence-electron chi connectivity index (χ0n) is 11.1. The molecule has 0 aliphatic rings. The molecule has 0 unspecified atom stereocenters. The van der Waals surface area contributed by atoms with Crippen molar-refractivity contribution in [2.24, 2.45) is 0 Å². The Labute approximate surface area is 125 Å². The minimum Gasteiger partial charge on any atom is -0.294 e. The molecule has 21 heavy (non-hydrogen) atoms. The molecule has 0 atom stereocenters. The van der Waals surface area contributed by atoms with E-state index in [1.54, 1.807) is 13.0 Å². The number of nitro benzene ring substituents is 1. The van der Waals surface area contributed by atoms with E-state index in [9.17, 15) is 19.3 Å². The number of Topliss-reactive ketones (excluding diaryl/α,β-unsaturated/α-hetero) is 1. The van der Waals surface area contributed by atoms with Gasteiger partial charge in [0, 0.05) is 23.1 Å². The van der Waals surface area contributed by atoms with Crippen molar-refractivity contribution in [3.8, 4) is 0 Å². The second-order valence-corrected chi connectivity index (χ2v) is 4.93. The van der Waals surface area contributed by atoms with Crippen molar-refractivity contribution in [2.75, 3.05) is 0 Å². The number of carbonyl (C=O) groups excluding carboxylic acids is 1. The zero-order valence-corrected chi connectivity index (χ0v) is 11.9. The Kier molecular flexibility index (Phi) is 4.33. The van der Waals surface area contributed by atoms with Gasteiger partial charge < -0.3 is 0 Å². The van der Waals surface area contributed by atoms with E-state index >= 15 is 0 Å². The highest BCUT2D eigenvalue weighted by atomic mass is 35.5. The number of benzene rings is 2. The summed E-state index contributed by atoms with van der Waals surface area (Å²) in [6, 6.07) is 8.45. The normalized spacial score (nSPS) is 10.4. The third-order valence-corrected chi connectivity index (χ3v) is 3.48. The van der Waals surface area contributed by atoms with Gasteiger partial charge in [0.05, 0.1) is 10.5 Å². The van der Waals surface area contributed by atoms with E-state index in [4.69, 9.17) is 11.6 Å². The van der Waals surface area contributed by atoms with Crippen LogP contribution in [0, 0.1) is 22.9 Å². The predicted molar refractivity (Wildman–Crippen MR) is 77.3 cm³/mol. The number of hydrogen-bond donors (Lipinski definition) is 0. The number of ketones is 1. The van der Waals surface area contributed by atoms with E-state index in [0.29, 0.717) is 5.56 Å². The van der Waals surface area contributed by atoms with Crippen molar-refractivity contribution in [3.05, 3.63) is 74.0 Å². The van der Waals surface area contributed by atoms with Crippen LogP contribution in [-0.4, -0.2) is 10.7 Å². The number of halogens is 2. The van der Waals surface area contributed by atoms with Crippen molar-refractivity contribution in [1.82, 2.24) is 0 Å². The summed E-state index contributed by atoms with van der Waals surface area (Å²) < 4.78 is 13.7. The predicted octanol–water partition coefficient (Wildman–Crippen LogP) is 4.12. The van der Waals surface area contributed by atoms with Crippen molar-refractivity contribution >= 4 is 23.1 Å². The Morgan fingerprint density at radius 3 is 2.57 bits per heavy atom. The van der Waals surface area contributed by atoms with Gasteiger partial charge in [-0.1, -0.05) is 29.8 Å². The van der Waals surface area contributed by atoms with Crippen molar-refractivity contribution in [1.29, 1.82) is 0 Å². The molecule has 0 N–H and O–H groups in total. The molecule has 2 aromatic rings. The molecule has 0 aliphatic heterocycles. The number of aryl methyl sites for hydroxylation is 1. The Hall–Kier alpha value is -2.27. The molecular formula is C15H11ClFNO3. The van der Waals surface area contributed by atoms with Crippen LogP contribution in [-0.2, 0) is 6.42 Å². The smallest absolute Gasteiger partial charge is 0.280 e. The first-order chi connectivity index (χ1) is 9.91. The minimum atomic E-state index is -0.622. The van der Waals surface area contributed by atoms with E-state index in [-0.39, 0.29) is 28.3 Å². The van der Waals surface area contributed by atoms with Gasteiger partial charge in [0.15, 0.2) is 5.78 Å². The third kappa shape index (κ3) is 3.08. The number of hydrogen-bond acceptors (Lipinski definition) is 3. The van der Waals surface area contributed by atoms with Gasteiger partial charge in [0.2, 0.25) is 0 Å². The van der Waals surface area contributed by atoms with E-state index in [2.05, 4.69) is 0 Å². The molecule has 0 radical (unpaired) electrons. The number of nitrogens with zero attached hydrogens (tertiary/aromatic N) is 1. The highest BCUT2D eigenvalue weighted by Crippen LogP contribution is 2.26. The second-order valence-electron chi connectivity index (χ2n) is 4.53. The molecule has 0 aliphatic carbocycles. The molecule has 108 valence electrons. The molecule has 0 spiro atoms. The molecular weight excluding hydrogens is 297 g/mol. The average Bonchev–Trinajstić information content (AvgIpc) is 2.42. The molecule has 2 rings (SSSR count). The van der Waals surface area contributed by atoms with Gasteiger partial charge in [-0.3, -0.25) is 14.9 Å². The van der Waals surface area contributed by atoms with Crippen LogP contribution in [0.1, 0.15) is 21.5 Å². The summed E-state index contributed by atoms with van der Waals surface area (Å²) in [5.74, 6) is -1.14. The molecule has 6 heteroatoms. The number of carbonyl (C=O) groups is 1. The van der Waals surface area contributed by atoms with Crippen LogP contribution in [0.5, 0.6) is 0 Å². The number of nitro groups is 1. The van der Waals surface area contributed by atoms with Gasteiger partial charge in [0.25, 0.3) is 5.69 Å². The maximum Gasteiger partial charge on any atom is 0.280 e. The van der Waals surface area contributed by atoms with E-state index in [1.165, 1.54) is 30.3 Å². The van der Waals surface area contributed by atoms with Gasteiger partial charge in [-0.25, -0.2) is 4.39 Å². The highest BCUT2D eigenvalue weighted by Gasteiger charge is 2.23. The molecule has 0 amide bonds. The average molecular weight is 308 g/mol. The molecule has 0 fully saturated rings. The molecule has 2 aromatic carbocycles. The molecule has 0 aromatic heterocycles. The largest absolute Gasteiger partial charge is 0.294 e. The summed E-state index contributed by atoms with van der Waals surface area (Å²) in [5, 5.41) is 11.1. The first-order valence-corrected chi connectivity index (χ1v) is 6.49. The van der Waals surface area contributed by atoms with Gasteiger partial charge in [-0.2, -0.15) is 0 Å². The topological polar surface area (TPSA) is 60.2 Å². The van der Waals surface area contributed by atoms with Crippen LogP contribution < -0.4 is 0 Å². The fourth-order valence-corrected chi connectivity index (χ4v) is 2.35. The Morgan fingerprint density at radius 2 is 1.95 bits per heavy atom. The molecule has 4 nitrogen and oxygen atoms in total. The lowest BCUT2D eigenvalue weighted by atomic mass is 9.97. The van der Waals surface area contributed by atoms with Crippen molar-refractivity contribution in [3.63, 3.8) is 0 Å². The highest BCUT2D eigenvalue weighted by molar-refractivity contribution is 6.31. The van der Waals surface area contributed by atoms with Crippen LogP contribution in [0.2, 0.25) is 5.02 Å². The van der Waals surface area contributed by atoms with Gasteiger partial charge in [-0.15, -0.1) is 0 Å².